The molecule has 1 fully saturated rings. The lowest BCUT2D eigenvalue weighted by Gasteiger charge is -2.41. The van der Waals surface area contributed by atoms with Crippen LogP contribution in [0.4, 0.5) is 5.82 Å². The fraction of sp³-hybridized carbons (Fsp3) is 0.500. The maximum atomic E-state index is 12.4. The first-order valence-corrected chi connectivity index (χ1v) is 10.8. The Hall–Kier alpha value is -2.37. The molecule has 0 spiro atoms. The summed E-state index contributed by atoms with van der Waals surface area (Å²) in [5.74, 6) is 3.07. The van der Waals surface area contributed by atoms with Crippen molar-refractivity contribution in [3.63, 3.8) is 0 Å². The van der Waals surface area contributed by atoms with Crippen LogP contribution in [0.5, 0.6) is 0 Å². The summed E-state index contributed by atoms with van der Waals surface area (Å²) in [4.78, 5) is 19.3. The highest BCUT2D eigenvalue weighted by Crippen LogP contribution is 2.30. The molecule has 8 heteroatoms. The molecule has 0 bridgehead atoms. The smallest absolute Gasteiger partial charge is 0.267 e. The van der Waals surface area contributed by atoms with Crippen molar-refractivity contribution >= 4 is 17.6 Å². The molecule has 0 aromatic carbocycles. The lowest BCUT2D eigenvalue weighted by atomic mass is 9.98. The molecule has 7 nitrogen and oxygen atoms in total. The van der Waals surface area contributed by atoms with E-state index in [9.17, 15) is 10.1 Å². The average Bonchev–Trinajstić information content (AvgIpc) is 2.69. The minimum Gasteiger partial charge on any atom is -0.376 e. The van der Waals surface area contributed by atoms with Crippen molar-refractivity contribution in [2.45, 2.75) is 31.7 Å². The molecule has 1 saturated heterocycles. The zero-order chi connectivity index (χ0) is 19.1. The predicted octanol–water partition coefficient (Wildman–Crippen LogP) is 1.51. The molecule has 0 N–H and O–H groups in total. The van der Waals surface area contributed by atoms with E-state index >= 15 is 0 Å². The molecule has 0 radical (unpaired) electrons. The normalized spacial score (nSPS) is 18.8. The van der Waals surface area contributed by atoms with Gasteiger partial charge in [0.15, 0.2) is 0 Å². The largest absolute Gasteiger partial charge is 0.376 e. The summed E-state index contributed by atoms with van der Waals surface area (Å²) in [6.45, 7) is 3.41. The second kappa shape index (κ2) is 7.22. The summed E-state index contributed by atoms with van der Waals surface area (Å²) in [6.07, 6.45) is 1.73. The van der Waals surface area contributed by atoms with Gasteiger partial charge in [0.2, 0.25) is 0 Å². The molecule has 5 heterocycles. The third-order valence-corrected chi connectivity index (χ3v) is 6.63. The number of nitrogens with zero attached hydrogens (tertiary/aromatic N) is 5. The molecule has 144 valence electrons. The molecule has 0 saturated carbocycles. The van der Waals surface area contributed by atoms with Crippen LogP contribution in [0.3, 0.4) is 0 Å². The van der Waals surface area contributed by atoms with Crippen LogP contribution in [0.2, 0.25) is 0 Å². The summed E-state index contributed by atoms with van der Waals surface area (Å²) in [7, 11) is 0. The fourth-order valence-electron chi connectivity index (χ4n) is 4.08. The van der Waals surface area contributed by atoms with Crippen LogP contribution < -0.4 is 10.5 Å². The number of pyridine rings is 1. The molecule has 28 heavy (non-hydrogen) atoms. The maximum absolute atomic E-state index is 12.4. The minimum atomic E-state index is -0.00989. The molecule has 2 aromatic heterocycles. The number of aromatic nitrogens is 3. The first-order chi connectivity index (χ1) is 13.7. The Morgan fingerprint density at radius 1 is 1.25 bits per heavy atom. The standard InChI is InChI=1S/C20H21N5O2S/c21-7-14-5-15-11-27-3-1-17(15)22-20(14)24-8-13(9-24)10-25-19(26)6-16-12-28-4-2-18(16)23-25/h5-6,13H,1-4,8-12H2. The van der Waals surface area contributed by atoms with E-state index in [-0.39, 0.29) is 5.56 Å². The van der Waals surface area contributed by atoms with E-state index in [0.717, 1.165) is 65.8 Å². The van der Waals surface area contributed by atoms with E-state index in [1.165, 1.54) is 0 Å². The molecule has 0 aliphatic carbocycles. The number of nitriles is 1. The predicted molar refractivity (Wildman–Crippen MR) is 106 cm³/mol. The van der Waals surface area contributed by atoms with Crippen LogP contribution >= 0.6 is 11.8 Å². The van der Waals surface area contributed by atoms with Crippen molar-refractivity contribution in [1.82, 2.24) is 14.8 Å². The van der Waals surface area contributed by atoms with Gasteiger partial charge < -0.3 is 9.64 Å². The third kappa shape index (κ3) is 3.19. The highest BCUT2D eigenvalue weighted by molar-refractivity contribution is 7.98. The van der Waals surface area contributed by atoms with Gasteiger partial charge in [-0.05, 0) is 17.4 Å². The molecule has 3 aliphatic rings. The van der Waals surface area contributed by atoms with Crippen molar-refractivity contribution < 1.29 is 4.74 Å². The molecule has 0 unspecified atom stereocenters. The van der Waals surface area contributed by atoms with Gasteiger partial charge >= 0.3 is 0 Å². The van der Waals surface area contributed by atoms with Gasteiger partial charge in [0.25, 0.3) is 5.56 Å². The Morgan fingerprint density at radius 3 is 3.00 bits per heavy atom. The van der Waals surface area contributed by atoms with Crippen LogP contribution in [-0.4, -0.2) is 40.2 Å². The molecule has 0 amide bonds. The fourth-order valence-corrected chi connectivity index (χ4v) is 5.04. The Balaban J connectivity index is 1.31. The van der Waals surface area contributed by atoms with E-state index < -0.39 is 0 Å². The molecule has 2 aromatic rings. The van der Waals surface area contributed by atoms with Crippen LogP contribution in [0.15, 0.2) is 16.9 Å². The quantitative estimate of drug-likeness (QED) is 0.779. The van der Waals surface area contributed by atoms with Gasteiger partial charge in [-0.1, -0.05) is 0 Å². The van der Waals surface area contributed by atoms with Gasteiger partial charge in [-0.15, -0.1) is 0 Å². The number of ether oxygens (including phenoxy) is 1. The number of aryl methyl sites for hydroxylation is 1. The SMILES string of the molecule is N#Cc1cc2c(nc1N1CC(Cn3nc4c(cc3=O)CSCC4)C1)CCOC2. The Kier molecular flexibility index (Phi) is 4.57. The van der Waals surface area contributed by atoms with Crippen molar-refractivity contribution in [2.75, 3.05) is 30.3 Å². The summed E-state index contributed by atoms with van der Waals surface area (Å²) in [6, 6.07) is 5.94. The zero-order valence-electron chi connectivity index (χ0n) is 15.6. The van der Waals surface area contributed by atoms with Gasteiger partial charge in [-0.3, -0.25) is 4.79 Å². The molecule has 0 atom stereocenters. The van der Waals surface area contributed by atoms with Gasteiger partial charge in [-0.2, -0.15) is 22.1 Å². The minimum absolute atomic E-state index is 0.00989. The van der Waals surface area contributed by atoms with E-state index in [2.05, 4.69) is 16.1 Å². The van der Waals surface area contributed by atoms with Crippen LogP contribution in [0.25, 0.3) is 0 Å². The van der Waals surface area contributed by atoms with Crippen molar-refractivity contribution in [3.05, 3.63) is 50.6 Å². The highest BCUT2D eigenvalue weighted by Gasteiger charge is 2.31. The third-order valence-electron chi connectivity index (χ3n) is 5.63. The van der Waals surface area contributed by atoms with Gasteiger partial charge in [-0.25, -0.2) is 9.67 Å². The molecule has 3 aliphatic heterocycles. The first kappa shape index (κ1) is 17.7. The van der Waals surface area contributed by atoms with Crippen LogP contribution in [0, 0.1) is 17.2 Å². The van der Waals surface area contributed by atoms with Crippen LogP contribution in [-0.2, 0) is 36.5 Å². The summed E-state index contributed by atoms with van der Waals surface area (Å²) in [5, 5.41) is 14.1. The number of fused-ring (bicyclic) bond motifs is 2. The summed E-state index contributed by atoms with van der Waals surface area (Å²) in [5.41, 5.74) is 4.81. The molecular formula is C20H21N5O2S. The zero-order valence-corrected chi connectivity index (χ0v) is 16.4. The Morgan fingerprint density at radius 2 is 2.14 bits per heavy atom. The molecule has 5 rings (SSSR count). The van der Waals surface area contributed by atoms with Crippen molar-refractivity contribution in [3.8, 4) is 6.07 Å². The number of thioether (sulfide) groups is 1. The van der Waals surface area contributed by atoms with Gasteiger partial charge in [0.1, 0.15) is 11.9 Å². The van der Waals surface area contributed by atoms with E-state index in [1.54, 1.807) is 10.7 Å². The number of hydrogen-bond donors (Lipinski definition) is 0. The molecular weight excluding hydrogens is 374 g/mol. The lowest BCUT2D eigenvalue weighted by Crippen LogP contribution is -2.50. The average molecular weight is 395 g/mol. The summed E-state index contributed by atoms with van der Waals surface area (Å²) >= 11 is 1.86. The second-order valence-corrected chi connectivity index (χ2v) is 8.70. The van der Waals surface area contributed by atoms with Crippen molar-refractivity contribution in [2.24, 2.45) is 5.92 Å². The first-order valence-electron chi connectivity index (χ1n) is 9.64. The number of anilines is 1. The van der Waals surface area contributed by atoms with E-state index in [1.807, 2.05) is 17.8 Å². The number of hydrogen-bond acceptors (Lipinski definition) is 7. The maximum Gasteiger partial charge on any atom is 0.267 e. The Bertz CT molecular complexity index is 1020. The van der Waals surface area contributed by atoms with E-state index in [0.29, 0.717) is 31.2 Å². The summed E-state index contributed by atoms with van der Waals surface area (Å²) < 4.78 is 7.09. The second-order valence-electron chi connectivity index (χ2n) is 7.59. The Labute approximate surface area is 167 Å². The lowest BCUT2D eigenvalue weighted by molar-refractivity contribution is 0.109. The topological polar surface area (TPSA) is 84.0 Å². The van der Waals surface area contributed by atoms with Crippen LogP contribution in [0.1, 0.15) is 28.1 Å². The van der Waals surface area contributed by atoms with Crippen molar-refractivity contribution in [1.29, 1.82) is 5.26 Å². The van der Waals surface area contributed by atoms with E-state index in [4.69, 9.17) is 9.72 Å². The highest BCUT2D eigenvalue weighted by atomic mass is 32.2. The number of rotatable bonds is 3. The van der Waals surface area contributed by atoms with Gasteiger partial charge in [0, 0.05) is 49.2 Å². The monoisotopic (exact) mass is 395 g/mol. The van der Waals surface area contributed by atoms with Gasteiger partial charge in [0.05, 0.1) is 36.7 Å².